The van der Waals surface area contributed by atoms with Gasteiger partial charge in [0.25, 0.3) is 0 Å². The van der Waals surface area contributed by atoms with E-state index in [1.165, 1.54) is 11.8 Å². The van der Waals surface area contributed by atoms with Gasteiger partial charge in [0.15, 0.2) is 0 Å². The lowest BCUT2D eigenvalue weighted by molar-refractivity contribution is -0.129. The summed E-state index contributed by atoms with van der Waals surface area (Å²) < 4.78 is 0. The summed E-state index contributed by atoms with van der Waals surface area (Å²) in [4.78, 5) is 22.1. The first-order valence-electron chi connectivity index (χ1n) is 8.73. The molecule has 8 heteroatoms. The van der Waals surface area contributed by atoms with Crippen LogP contribution in [0, 0.1) is 11.3 Å². The second-order valence-corrected chi connectivity index (χ2v) is 7.13. The van der Waals surface area contributed by atoms with Crippen LogP contribution in [-0.2, 0) is 4.79 Å². The van der Waals surface area contributed by atoms with Crippen molar-refractivity contribution in [1.29, 1.82) is 5.26 Å². The molecule has 2 aliphatic rings. The van der Waals surface area contributed by atoms with Crippen molar-refractivity contribution in [3.05, 3.63) is 34.1 Å². The third-order valence-electron chi connectivity index (χ3n) is 4.50. The number of rotatable bonds is 4. The van der Waals surface area contributed by atoms with Crippen LogP contribution in [0.2, 0.25) is 0 Å². The van der Waals surface area contributed by atoms with E-state index in [2.05, 4.69) is 33.6 Å². The third kappa shape index (κ3) is 4.17. The molecule has 2 N–H and O–H groups in total. The number of nitrogens with one attached hydrogen (secondary N) is 2. The first kappa shape index (κ1) is 18.3. The SMILES string of the molecule is CCC1=CS/C(=C(/C#N)c2ccnc(NC3CCN(C(C)=O)CC3)n2)N1. The summed E-state index contributed by atoms with van der Waals surface area (Å²) in [6.45, 7) is 5.15. The first-order valence-corrected chi connectivity index (χ1v) is 9.61. The molecule has 0 bridgehead atoms. The van der Waals surface area contributed by atoms with Gasteiger partial charge in [-0.05, 0) is 30.7 Å². The highest BCUT2D eigenvalue weighted by Gasteiger charge is 2.22. The normalized spacial score (nSPS) is 19.4. The van der Waals surface area contributed by atoms with E-state index < -0.39 is 0 Å². The van der Waals surface area contributed by atoms with Gasteiger partial charge in [-0.3, -0.25) is 4.79 Å². The number of thioether (sulfide) groups is 1. The number of hydrogen-bond donors (Lipinski definition) is 2. The molecule has 1 fully saturated rings. The zero-order valence-electron chi connectivity index (χ0n) is 15.0. The molecule has 1 aromatic rings. The minimum atomic E-state index is 0.119. The number of anilines is 1. The topological polar surface area (TPSA) is 93.9 Å². The Labute approximate surface area is 157 Å². The van der Waals surface area contributed by atoms with Crippen molar-refractivity contribution in [2.24, 2.45) is 0 Å². The number of nitrogens with zero attached hydrogens (tertiary/aromatic N) is 4. The monoisotopic (exact) mass is 370 g/mol. The molecule has 0 aromatic carbocycles. The van der Waals surface area contributed by atoms with Crippen molar-refractivity contribution < 1.29 is 4.79 Å². The summed E-state index contributed by atoms with van der Waals surface area (Å²) in [5, 5.41) is 19.0. The summed E-state index contributed by atoms with van der Waals surface area (Å²) in [5.41, 5.74) is 2.22. The minimum absolute atomic E-state index is 0.119. The fraction of sp³-hybridized carbons (Fsp3) is 0.444. The molecule has 1 saturated heterocycles. The molecule has 0 atom stereocenters. The van der Waals surface area contributed by atoms with Crippen molar-refractivity contribution in [1.82, 2.24) is 20.2 Å². The summed E-state index contributed by atoms with van der Waals surface area (Å²) in [6.07, 6.45) is 4.28. The highest BCUT2D eigenvalue weighted by atomic mass is 32.2. The molecule has 0 unspecified atom stereocenters. The Morgan fingerprint density at radius 2 is 2.27 bits per heavy atom. The molecule has 2 aliphatic heterocycles. The summed E-state index contributed by atoms with van der Waals surface area (Å²) in [7, 11) is 0. The van der Waals surface area contributed by atoms with E-state index in [9.17, 15) is 10.1 Å². The maximum Gasteiger partial charge on any atom is 0.223 e. The standard InChI is InChI=1S/C18H22N6OS/c1-3-13-11-26-17(21-13)15(10-19)16-4-7-20-18(23-16)22-14-5-8-24(9-6-14)12(2)25/h4,7,11,14,21H,3,5-6,8-9H2,1-2H3,(H,20,22,23)/b17-15-. The Bertz CT molecular complexity index is 789. The summed E-state index contributed by atoms with van der Waals surface area (Å²) in [6, 6.07) is 4.23. The van der Waals surface area contributed by atoms with Gasteiger partial charge in [-0.15, -0.1) is 0 Å². The van der Waals surface area contributed by atoms with Gasteiger partial charge in [0, 0.05) is 37.9 Å². The molecule has 0 radical (unpaired) electrons. The molecule has 136 valence electrons. The molecule has 7 nitrogen and oxygen atoms in total. The molecule has 0 aliphatic carbocycles. The summed E-state index contributed by atoms with van der Waals surface area (Å²) >= 11 is 1.51. The quantitative estimate of drug-likeness (QED) is 0.787. The van der Waals surface area contributed by atoms with Gasteiger partial charge in [0.1, 0.15) is 11.6 Å². The van der Waals surface area contributed by atoms with Gasteiger partial charge in [0.2, 0.25) is 11.9 Å². The predicted molar refractivity (Wildman–Crippen MR) is 103 cm³/mol. The number of carbonyl (C=O) groups is 1. The number of nitriles is 1. The highest BCUT2D eigenvalue weighted by molar-refractivity contribution is 8.06. The van der Waals surface area contributed by atoms with E-state index in [4.69, 9.17) is 0 Å². The molecule has 26 heavy (non-hydrogen) atoms. The number of allylic oxidation sites excluding steroid dienone is 2. The molecular weight excluding hydrogens is 348 g/mol. The van der Waals surface area contributed by atoms with Crippen LogP contribution in [0.25, 0.3) is 5.57 Å². The second-order valence-electron chi connectivity index (χ2n) is 6.25. The van der Waals surface area contributed by atoms with Crippen molar-refractivity contribution in [2.75, 3.05) is 18.4 Å². The van der Waals surface area contributed by atoms with Crippen molar-refractivity contribution in [3.8, 4) is 6.07 Å². The van der Waals surface area contributed by atoms with Gasteiger partial charge in [-0.25, -0.2) is 9.97 Å². The Kier molecular flexibility index (Phi) is 5.78. The maximum absolute atomic E-state index is 11.4. The first-order chi connectivity index (χ1) is 12.6. The maximum atomic E-state index is 11.4. The van der Waals surface area contributed by atoms with Gasteiger partial charge < -0.3 is 15.5 Å². The van der Waals surface area contributed by atoms with Crippen LogP contribution in [0.5, 0.6) is 0 Å². The number of carbonyl (C=O) groups excluding carboxylic acids is 1. The molecule has 3 rings (SSSR count). The molecule has 1 aromatic heterocycles. The van der Waals surface area contributed by atoms with Crippen LogP contribution >= 0.6 is 11.8 Å². The van der Waals surface area contributed by atoms with Crippen molar-refractivity contribution >= 4 is 29.2 Å². The molecule has 0 saturated carbocycles. The van der Waals surface area contributed by atoms with Crippen LogP contribution in [-0.4, -0.2) is 39.9 Å². The molecule has 1 amide bonds. The number of aromatic nitrogens is 2. The highest BCUT2D eigenvalue weighted by Crippen LogP contribution is 2.31. The second kappa shape index (κ2) is 8.23. The number of piperidine rings is 1. The largest absolute Gasteiger partial charge is 0.352 e. The van der Waals surface area contributed by atoms with E-state index in [0.29, 0.717) is 17.2 Å². The van der Waals surface area contributed by atoms with Crippen LogP contribution in [0.1, 0.15) is 38.8 Å². The van der Waals surface area contributed by atoms with Crippen LogP contribution < -0.4 is 10.6 Å². The number of hydrogen-bond acceptors (Lipinski definition) is 7. The Morgan fingerprint density at radius 1 is 1.50 bits per heavy atom. The van der Waals surface area contributed by atoms with Gasteiger partial charge >= 0.3 is 0 Å². The van der Waals surface area contributed by atoms with Crippen LogP contribution in [0.4, 0.5) is 5.95 Å². The van der Waals surface area contributed by atoms with E-state index >= 15 is 0 Å². The Morgan fingerprint density at radius 3 is 2.88 bits per heavy atom. The zero-order valence-corrected chi connectivity index (χ0v) is 15.8. The third-order valence-corrected chi connectivity index (χ3v) is 5.44. The average molecular weight is 370 g/mol. The Balaban J connectivity index is 1.70. The summed E-state index contributed by atoms with van der Waals surface area (Å²) in [5.74, 6) is 0.636. The van der Waals surface area contributed by atoms with Crippen molar-refractivity contribution in [3.63, 3.8) is 0 Å². The fourth-order valence-electron chi connectivity index (χ4n) is 2.94. The van der Waals surface area contributed by atoms with Gasteiger partial charge in [-0.1, -0.05) is 18.7 Å². The van der Waals surface area contributed by atoms with E-state index in [1.54, 1.807) is 19.2 Å². The van der Waals surface area contributed by atoms with Gasteiger partial charge in [0.05, 0.1) is 10.7 Å². The predicted octanol–water partition coefficient (Wildman–Crippen LogP) is 2.68. The Hall–Kier alpha value is -2.53. The fourth-order valence-corrected chi connectivity index (χ4v) is 3.88. The lowest BCUT2D eigenvalue weighted by atomic mass is 10.1. The van der Waals surface area contributed by atoms with Crippen molar-refractivity contribution in [2.45, 2.75) is 39.2 Å². The zero-order chi connectivity index (χ0) is 18.5. The smallest absolute Gasteiger partial charge is 0.223 e. The molecule has 3 heterocycles. The number of amides is 1. The molecule has 0 spiro atoms. The minimum Gasteiger partial charge on any atom is -0.352 e. The van der Waals surface area contributed by atoms with E-state index in [1.807, 2.05) is 10.3 Å². The van der Waals surface area contributed by atoms with E-state index in [-0.39, 0.29) is 11.9 Å². The van der Waals surface area contributed by atoms with E-state index in [0.717, 1.165) is 43.1 Å². The molecular formula is C18H22N6OS. The van der Waals surface area contributed by atoms with Gasteiger partial charge in [-0.2, -0.15) is 5.26 Å². The lowest BCUT2D eigenvalue weighted by Gasteiger charge is -2.31. The van der Waals surface area contributed by atoms with Crippen LogP contribution in [0.3, 0.4) is 0 Å². The van der Waals surface area contributed by atoms with Crippen LogP contribution in [0.15, 0.2) is 28.4 Å². The average Bonchev–Trinajstić information content (AvgIpc) is 3.12. The lowest BCUT2D eigenvalue weighted by Crippen LogP contribution is -2.41. The number of likely N-dealkylation sites (tertiary alicyclic amines) is 1.